The Morgan fingerprint density at radius 1 is 1.09 bits per heavy atom. The molecular formula is C18H20N2OS. The molecular weight excluding hydrogens is 292 g/mol. The lowest BCUT2D eigenvalue weighted by molar-refractivity contribution is -0.120. The van der Waals surface area contributed by atoms with Crippen molar-refractivity contribution in [1.29, 1.82) is 0 Å². The number of hydrogen-bond donors (Lipinski definition) is 2. The van der Waals surface area contributed by atoms with E-state index in [9.17, 15) is 4.79 Å². The fraction of sp³-hybridized carbons (Fsp3) is 0.278. The van der Waals surface area contributed by atoms with Gasteiger partial charge in [0.05, 0.1) is 11.6 Å². The van der Waals surface area contributed by atoms with E-state index in [4.69, 9.17) is 0 Å². The zero-order chi connectivity index (χ0) is 15.2. The molecule has 0 bridgehead atoms. The molecule has 0 radical (unpaired) electrons. The molecule has 0 spiro atoms. The highest BCUT2D eigenvalue weighted by Gasteiger charge is 2.21. The number of carbonyl (C=O) groups is 1. The predicted molar refractivity (Wildman–Crippen MR) is 91.2 cm³/mol. The Hall–Kier alpha value is -1.78. The summed E-state index contributed by atoms with van der Waals surface area (Å²) in [6, 6.07) is 18.2. The van der Waals surface area contributed by atoms with Crippen molar-refractivity contribution in [3.8, 4) is 0 Å². The summed E-state index contributed by atoms with van der Waals surface area (Å²) in [7, 11) is 0. The van der Waals surface area contributed by atoms with Crippen LogP contribution < -0.4 is 10.6 Å². The highest BCUT2D eigenvalue weighted by atomic mass is 32.2. The number of amides is 1. The van der Waals surface area contributed by atoms with Gasteiger partial charge in [-0.05, 0) is 43.7 Å². The maximum absolute atomic E-state index is 12.4. The molecule has 1 fully saturated rings. The van der Waals surface area contributed by atoms with Gasteiger partial charge in [0.15, 0.2) is 0 Å². The zero-order valence-corrected chi connectivity index (χ0v) is 13.2. The molecule has 4 heteroatoms. The van der Waals surface area contributed by atoms with E-state index in [1.165, 1.54) is 4.90 Å². The predicted octanol–water partition coefficient (Wildman–Crippen LogP) is 3.78. The minimum atomic E-state index is 0.0727. The first-order valence-electron chi connectivity index (χ1n) is 7.66. The molecule has 1 saturated heterocycles. The summed E-state index contributed by atoms with van der Waals surface area (Å²) < 4.78 is 0. The summed E-state index contributed by atoms with van der Waals surface area (Å²) in [4.78, 5) is 14.7. The van der Waals surface area contributed by atoms with Crippen LogP contribution in [0.15, 0.2) is 64.4 Å². The highest BCUT2D eigenvalue weighted by molar-refractivity contribution is 7.99. The summed E-state index contributed by atoms with van der Waals surface area (Å²) >= 11 is 1.67. The van der Waals surface area contributed by atoms with E-state index >= 15 is 0 Å². The molecule has 22 heavy (non-hydrogen) atoms. The SMILES string of the molecule is O=C(Nc1ccccc1Sc1ccccc1)C1CCCNC1. The Balaban J connectivity index is 1.72. The van der Waals surface area contributed by atoms with Crippen LogP contribution in [0.5, 0.6) is 0 Å². The lowest BCUT2D eigenvalue weighted by atomic mass is 9.99. The quantitative estimate of drug-likeness (QED) is 0.903. The largest absolute Gasteiger partial charge is 0.325 e. The number of hydrogen-bond acceptors (Lipinski definition) is 3. The molecule has 2 N–H and O–H groups in total. The number of carbonyl (C=O) groups excluding carboxylic acids is 1. The molecule has 3 nitrogen and oxygen atoms in total. The number of rotatable bonds is 4. The Morgan fingerprint density at radius 3 is 2.64 bits per heavy atom. The molecule has 1 amide bonds. The molecule has 1 heterocycles. The van der Waals surface area contributed by atoms with Gasteiger partial charge in [-0.25, -0.2) is 0 Å². The normalized spacial score (nSPS) is 17.9. The van der Waals surface area contributed by atoms with Crippen LogP contribution in [0.3, 0.4) is 0 Å². The van der Waals surface area contributed by atoms with E-state index in [0.29, 0.717) is 0 Å². The van der Waals surface area contributed by atoms with Crippen molar-refractivity contribution in [2.45, 2.75) is 22.6 Å². The van der Waals surface area contributed by atoms with E-state index in [0.717, 1.165) is 36.5 Å². The van der Waals surface area contributed by atoms with Crippen LogP contribution in [0.2, 0.25) is 0 Å². The molecule has 0 aliphatic carbocycles. The lowest BCUT2D eigenvalue weighted by Crippen LogP contribution is -2.37. The highest BCUT2D eigenvalue weighted by Crippen LogP contribution is 2.33. The topological polar surface area (TPSA) is 41.1 Å². The second-order valence-electron chi connectivity index (χ2n) is 5.44. The Bertz CT molecular complexity index is 624. The second kappa shape index (κ2) is 7.47. The van der Waals surface area contributed by atoms with Gasteiger partial charge in [0.1, 0.15) is 0 Å². The second-order valence-corrected chi connectivity index (χ2v) is 6.56. The first-order valence-corrected chi connectivity index (χ1v) is 8.48. The maximum Gasteiger partial charge on any atom is 0.228 e. The van der Waals surface area contributed by atoms with Gasteiger partial charge < -0.3 is 10.6 Å². The number of benzene rings is 2. The van der Waals surface area contributed by atoms with Crippen molar-refractivity contribution >= 4 is 23.4 Å². The smallest absolute Gasteiger partial charge is 0.228 e. The fourth-order valence-corrected chi connectivity index (χ4v) is 3.51. The molecule has 1 aliphatic heterocycles. The number of anilines is 1. The van der Waals surface area contributed by atoms with Gasteiger partial charge in [0, 0.05) is 16.3 Å². The maximum atomic E-state index is 12.4. The van der Waals surface area contributed by atoms with Crippen LogP contribution in [0, 0.1) is 5.92 Å². The molecule has 1 atom stereocenters. The van der Waals surface area contributed by atoms with Gasteiger partial charge in [-0.15, -0.1) is 0 Å². The molecule has 3 rings (SSSR count). The molecule has 2 aromatic carbocycles. The average Bonchev–Trinajstić information content (AvgIpc) is 2.58. The van der Waals surface area contributed by atoms with Gasteiger partial charge in [-0.2, -0.15) is 0 Å². The zero-order valence-electron chi connectivity index (χ0n) is 12.4. The first-order chi connectivity index (χ1) is 10.8. The van der Waals surface area contributed by atoms with Crippen LogP contribution >= 0.6 is 11.8 Å². The minimum Gasteiger partial charge on any atom is -0.325 e. The van der Waals surface area contributed by atoms with E-state index in [2.05, 4.69) is 22.8 Å². The third kappa shape index (κ3) is 3.90. The Morgan fingerprint density at radius 2 is 1.86 bits per heavy atom. The van der Waals surface area contributed by atoms with Crippen molar-refractivity contribution in [3.63, 3.8) is 0 Å². The number of piperidine rings is 1. The Labute approximate surface area is 135 Å². The van der Waals surface area contributed by atoms with Crippen molar-refractivity contribution in [2.75, 3.05) is 18.4 Å². The minimum absolute atomic E-state index is 0.0727. The first kappa shape index (κ1) is 15.1. The average molecular weight is 312 g/mol. The molecule has 1 unspecified atom stereocenters. The van der Waals surface area contributed by atoms with Gasteiger partial charge in [-0.1, -0.05) is 42.1 Å². The fourth-order valence-electron chi connectivity index (χ4n) is 2.58. The van der Waals surface area contributed by atoms with Gasteiger partial charge in [0.2, 0.25) is 5.91 Å². The van der Waals surface area contributed by atoms with Crippen LogP contribution in [-0.4, -0.2) is 19.0 Å². The molecule has 114 valence electrons. The molecule has 2 aromatic rings. The lowest BCUT2D eigenvalue weighted by Gasteiger charge is -2.22. The van der Waals surface area contributed by atoms with Gasteiger partial charge in [-0.3, -0.25) is 4.79 Å². The van der Waals surface area contributed by atoms with Crippen molar-refractivity contribution < 1.29 is 4.79 Å². The van der Waals surface area contributed by atoms with Crippen molar-refractivity contribution in [3.05, 3.63) is 54.6 Å². The summed E-state index contributed by atoms with van der Waals surface area (Å²) in [5.74, 6) is 0.192. The van der Waals surface area contributed by atoms with Crippen molar-refractivity contribution in [1.82, 2.24) is 5.32 Å². The summed E-state index contributed by atoms with van der Waals surface area (Å²) in [6.07, 6.45) is 2.03. The molecule has 0 aromatic heterocycles. The van der Waals surface area contributed by atoms with Crippen LogP contribution in [-0.2, 0) is 4.79 Å². The number of nitrogens with one attached hydrogen (secondary N) is 2. The van der Waals surface area contributed by atoms with Crippen molar-refractivity contribution in [2.24, 2.45) is 5.92 Å². The molecule has 0 saturated carbocycles. The van der Waals surface area contributed by atoms with E-state index in [-0.39, 0.29) is 11.8 Å². The third-order valence-electron chi connectivity index (χ3n) is 3.78. The van der Waals surface area contributed by atoms with Gasteiger partial charge in [0.25, 0.3) is 0 Å². The molecule has 1 aliphatic rings. The van der Waals surface area contributed by atoms with Crippen LogP contribution in [0.4, 0.5) is 5.69 Å². The monoisotopic (exact) mass is 312 g/mol. The van der Waals surface area contributed by atoms with E-state index in [1.54, 1.807) is 11.8 Å². The Kier molecular flexibility index (Phi) is 5.14. The van der Waals surface area contributed by atoms with Crippen LogP contribution in [0.1, 0.15) is 12.8 Å². The van der Waals surface area contributed by atoms with Gasteiger partial charge >= 0.3 is 0 Å². The number of para-hydroxylation sites is 1. The summed E-state index contributed by atoms with van der Waals surface area (Å²) in [6.45, 7) is 1.80. The van der Waals surface area contributed by atoms with E-state index in [1.807, 2.05) is 42.5 Å². The van der Waals surface area contributed by atoms with Crippen LogP contribution in [0.25, 0.3) is 0 Å². The summed E-state index contributed by atoms with van der Waals surface area (Å²) in [5.41, 5.74) is 0.895. The summed E-state index contributed by atoms with van der Waals surface area (Å²) in [5, 5.41) is 6.39. The third-order valence-corrected chi connectivity index (χ3v) is 4.87. The van der Waals surface area contributed by atoms with E-state index < -0.39 is 0 Å². The standard InChI is InChI=1S/C18H20N2OS/c21-18(14-7-6-12-19-13-14)20-16-10-4-5-11-17(16)22-15-8-2-1-3-9-15/h1-5,8-11,14,19H,6-7,12-13H2,(H,20,21).